The van der Waals surface area contributed by atoms with Crippen molar-refractivity contribution in [3.05, 3.63) is 40.0 Å². The Bertz CT molecular complexity index is 521. The first-order chi connectivity index (χ1) is 8.58. The quantitative estimate of drug-likeness (QED) is 0.660. The number of amides is 1. The van der Waals surface area contributed by atoms with E-state index in [1.54, 1.807) is 12.1 Å². The van der Waals surface area contributed by atoms with E-state index in [2.05, 4.69) is 10.6 Å². The number of carbonyl (C=O) groups excluding carboxylic acids is 1. The van der Waals surface area contributed by atoms with Crippen molar-refractivity contribution in [2.24, 2.45) is 0 Å². The maximum atomic E-state index is 11.7. The van der Waals surface area contributed by atoms with Crippen molar-refractivity contribution >= 4 is 34.8 Å². The number of nitrogens with one attached hydrogen (secondary N) is 2. The average molecular weight is 284 g/mol. The second-order valence-electron chi connectivity index (χ2n) is 3.31. The van der Waals surface area contributed by atoms with Crippen molar-refractivity contribution < 1.29 is 4.79 Å². The molecule has 0 spiro atoms. The highest BCUT2D eigenvalue weighted by atomic mass is 35.5. The van der Waals surface area contributed by atoms with E-state index in [-0.39, 0.29) is 5.57 Å². The van der Waals surface area contributed by atoms with Crippen molar-refractivity contribution in [1.29, 1.82) is 5.26 Å². The third kappa shape index (κ3) is 3.95. The predicted octanol–water partition coefficient (Wildman–Crippen LogP) is 2.95. The minimum Gasteiger partial charge on any atom is -0.390 e. The van der Waals surface area contributed by atoms with E-state index in [0.29, 0.717) is 22.3 Å². The van der Waals surface area contributed by atoms with Gasteiger partial charge in [-0.15, -0.1) is 0 Å². The Balaban J connectivity index is 2.81. The third-order valence-corrected chi connectivity index (χ3v) is 2.73. The zero-order valence-corrected chi connectivity index (χ0v) is 11.1. The maximum Gasteiger partial charge on any atom is 0.267 e. The van der Waals surface area contributed by atoms with E-state index in [9.17, 15) is 4.79 Å². The van der Waals surface area contributed by atoms with Gasteiger partial charge in [0.15, 0.2) is 0 Å². The van der Waals surface area contributed by atoms with Crippen LogP contribution in [0.4, 0.5) is 5.69 Å². The molecule has 0 aliphatic heterocycles. The fraction of sp³-hybridized carbons (Fsp3) is 0.167. The van der Waals surface area contributed by atoms with Crippen LogP contribution in [0.5, 0.6) is 0 Å². The molecule has 1 aromatic carbocycles. The topological polar surface area (TPSA) is 64.9 Å². The standard InChI is InChI=1S/C12H11Cl2N3O/c1-2-16-7-8(6-15)12(18)17-9-3-4-10(13)11(14)5-9/h3-5,7,16H,2H2,1H3,(H,17,18)/b8-7-. The molecule has 1 rings (SSSR count). The molecule has 0 aliphatic rings. The molecule has 1 aromatic rings. The number of halogens is 2. The van der Waals surface area contributed by atoms with Crippen LogP contribution in [0, 0.1) is 11.3 Å². The van der Waals surface area contributed by atoms with Crippen LogP contribution in [0.2, 0.25) is 10.0 Å². The van der Waals surface area contributed by atoms with Crippen LogP contribution in [0.15, 0.2) is 30.0 Å². The first-order valence-corrected chi connectivity index (χ1v) is 5.94. The smallest absolute Gasteiger partial charge is 0.267 e. The van der Waals surface area contributed by atoms with Crippen molar-refractivity contribution in [3.8, 4) is 6.07 Å². The van der Waals surface area contributed by atoms with Crippen molar-refractivity contribution in [2.75, 3.05) is 11.9 Å². The molecule has 18 heavy (non-hydrogen) atoms. The molecule has 0 fully saturated rings. The van der Waals surface area contributed by atoms with E-state index in [1.807, 2.05) is 13.0 Å². The van der Waals surface area contributed by atoms with Crippen LogP contribution in [-0.4, -0.2) is 12.5 Å². The molecule has 1 amide bonds. The monoisotopic (exact) mass is 283 g/mol. The van der Waals surface area contributed by atoms with Crippen LogP contribution in [0.3, 0.4) is 0 Å². The van der Waals surface area contributed by atoms with Gasteiger partial charge < -0.3 is 10.6 Å². The lowest BCUT2D eigenvalue weighted by Crippen LogP contribution is -2.16. The van der Waals surface area contributed by atoms with E-state index < -0.39 is 5.91 Å². The number of hydrogen-bond acceptors (Lipinski definition) is 3. The maximum absolute atomic E-state index is 11.7. The summed E-state index contributed by atoms with van der Waals surface area (Å²) in [6.07, 6.45) is 1.37. The zero-order valence-electron chi connectivity index (χ0n) is 9.63. The Kier molecular flexibility index (Phi) is 5.50. The summed E-state index contributed by atoms with van der Waals surface area (Å²) in [4.78, 5) is 11.7. The molecule has 6 heteroatoms. The van der Waals surface area contributed by atoms with E-state index in [1.165, 1.54) is 12.3 Å². The van der Waals surface area contributed by atoms with Crippen LogP contribution in [0.1, 0.15) is 6.92 Å². The van der Waals surface area contributed by atoms with E-state index in [0.717, 1.165) is 0 Å². The molecular weight excluding hydrogens is 273 g/mol. The Hall–Kier alpha value is -1.70. The summed E-state index contributed by atoms with van der Waals surface area (Å²) in [6.45, 7) is 2.49. The highest BCUT2D eigenvalue weighted by Gasteiger charge is 2.09. The summed E-state index contributed by atoms with van der Waals surface area (Å²) >= 11 is 11.6. The molecule has 0 bridgehead atoms. The van der Waals surface area contributed by atoms with Crippen LogP contribution in [0.25, 0.3) is 0 Å². The van der Waals surface area contributed by atoms with Crippen molar-refractivity contribution in [1.82, 2.24) is 5.32 Å². The number of nitriles is 1. The molecule has 0 saturated carbocycles. The van der Waals surface area contributed by atoms with Gasteiger partial charge in [0.2, 0.25) is 0 Å². The second kappa shape index (κ2) is 6.90. The van der Waals surface area contributed by atoms with Crippen molar-refractivity contribution in [3.63, 3.8) is 0 Å². The first-order valence-electron chi connectivity index (χ1n) is 5.18. The number of rotatable bonds is 4. The molecule has 0 atom stereocenters. The zero-order chi connectivity index (χ0) is 13.5. The third-order valence-electron chi connectivity index (χ3n) is 1.99. The fourth-order valence-corrected chi connectivity index (χ4v) is 1.42. The van der Waals surface area contributed by atoms with Gasteiger partial charge in [-0.2, -0.15) is 5.26 Å². The van der Waals surface area contributed by atoms with E-state index in [4.69, 9.17) is 28.5 Å². The number of hydrogen-bond donors (Lipinski definition) is 2. The summed E-state index contributed by atoms with van der Waals surface area (Å²) in [7, 11) is 0. The van der Waals surface area contributed by atoms with Crippen LogP contribution in [-0.2, 0) is 4.79 Å². The van der Waals surface area contributed by atoms with Gasteiger partial charge in [-0.25, -0.2) is 0 Å². The van der Waals surface area contributed by atoms with Crippen LogP contribution >= 0.6 is 23.2 Å². The van der Waals surface area contributed by atoms with Crippen LogP contribution < -0.4 is 10.6 Å². The molecule has 2 N–H and O–H groups in total. The van der Waals surface area contributed by atoms with Gasteiger partial charge in [-0.1, -0.05) is 23.2 Å². The molecule has 0 heterocycles. The molecular formula is C12H11Cl2N3O. The molecule has 0 radical (unpaired) electrons. The summed E-state index contributed by atoms with van der Waals surface area (Å²) in [5, 5.41) is 14.9. The van der Waals surface area contributed by atoms with Gasteiger partial charge >= 0.3 is 0 Å². The second-order valence-corrected chi connectivity index (χ2v) is 4.12. The van der Waals surface area contributed by atoms with E-state index >= 15 is 0 Å². The molecule has 0 saturated heterocycles. The summed E-state index contributed by atoms with van der Waals surface area (Å²) in [5.74, 6) is -0.503. The lowest BCUT2D eigenvalue weighted by atomic mass is 10.2. The lowest BCUT2D eigenvalue weighted by Gasteiger charge is -2.05. The minimum absolute atomic E-state index is 0.0112. The molecule has 0 aliphatic carbocycles. The number of nitrogens with zero attached hydrogens (tertiary/aromatic N) is 1. The van der Waals surface area contributed by atoms with Gasteiger partial charge in [0.1, 0.15) is 11.6 Å². The minimum atomic E-state index is -0.503. The van der Waals surface area contributed by atoms with Gasteiger partial charge in [0.05, 0.1) is 10.0 Å². The number of carbonyl (C=O) groups is 1. The first kappa shape index (κ1) is 14.4. The number of benzene rings is 1. The Labute approximate surface area is 115 Å². The highest BCUT2D eigenvalue weighted by molar-refractivity contribution is 6.42. The Morgan fingerprint density at radius 3 is 2.72 bits per heavy atom. The van der Waals surface area contributed by atoms with Gasteiger partial charge in [-0.3, -0.25) is 4.79 Å². The number of anilines is 1. The van der Waals surface area contributed by atoms with Crippen molar-refractivity contribution in [2.45, 2.75) is 6.92 Å². The Morgan fingerprint density at radius 2 is 2.17 bits per heavy atom. The van der Waals surface area contributed by atoms with Gasteiger partial charge in [-0.05, 0) is 25.1 Å². The molecule has 94 valence electrons. The Morgan fingerprint density at radius 1 is 1.44 bits per heavy atom. The fourth-order valence-electron chi connectivity index (χ4n) is 1.13. The normalized spacial score (nSPS) is 10.7. The SMILES string of the molecule is CCN/C=C(/C#N)C(=O)Nc1ccc(Cl)c(Cl)c1. The predicted molar refractivity (Wildman–Crippen MR) is 72.5 cm³/mol. The summed E-state index contributed by atoms with van der Waals surface area (Å²) in [6, 6.07) is 6.50. The molecule has 0 unspecified atom stereocenters. The molecule has 0 aromatic heterocycles. The summed E-state index contributed by atoms with van der Waals surface area (Å²) in [5.41, 5.74) is 0.468. The lowest BCUT2D eigenvalue weighted by molar-refractivity contribution is -0.112. The average Bonchev–Trinajstić information content (AvgIpc) is 2.35. The summed E-state index contributed by atoms with van der Waals surface area (Å²) < 4.78 is 0. The molecule has 4 nitrogen and oxygen atoms in total. The van der Waals surface area contributed by atoms with Gasteiger partial charge in [0, 0.05) is 18.4 Å². The largest absolute Gasteiger partial charge is 0.390 e. The highest BCUT2D eigenvalue weighted by Crippen LogP contribution is 2.25. The van der Waals surface area contributed by atoms with Gasteiger partial charge in [0.25, 0.3) is 5.91 Å².